The van der Waals surface area contributed by atoms with Crippen molar-refractivity contribution in [1.29, 1.82) is 0 Å². The molecule has 0 heterocycles. The summed E-state index contributed by atoms with van der Waals surface area (Å²) >= 11 is 0. The van der Waals surface area contributed by atoms with Crippen LogP contribution in [0.3, 0.4) is 0 Å². The average molecular weight is 171 g/mol. The van der Waals surface area contributed by atoms with Crippen molar-refractivity contribution in [3.05, 3.63) is 0 Å². The van der Waals surface area contributed by atoms with E-state index in [4.69, 9.17) is 0 Å². The standard InChI is InChI=1S/C6H12F3NO/c1-10-4-5(11-2)3-6(7,8)9/h5,10H,3-4H2,1-2H3. The summed E-state index contributed by atoms with van der Waals surface area (Å²) in [5, 5.41) is 2.62. The van der Waals surface area contributed by atoms with Crippen molar-refractivity contribution in [2.24, 2.45) is 0 Å². The minimum Gasteiger partial charge on any atom is -0.380 e. The molecule has 0 aromatic rings. The number of nitrogens with one attached hydrogen (secondary N) is 1. The molecule has 1 atom stereocenters. The molecule has 68 valence electrons. The zero-order valence-electron chi connectivity index (χ0n) is 6.53. The smallest absolute Gasteiger partial charge is 0.380 e. The van der Waals surface area contributed by atoms with Crippen LogP contribution in [0, 0.1) is 0 Å². The van der Waals surface area contributed by atoms with Gasteiger partial charge in [0.2, 0.25) is 0 Å². The van der Waals surface area contributed by atoms with Crippen LogP contribution in [0.2, 0.25) is 0 Å². The van der Waals surface area contributed by atoms with E-state index in [9.17, 15) is 13.2 Å². The SMILES string of the molecule is CNCC(CC(F)(F)F)OC. The number of rotatable bonds is 4. The summed E-state index contributed by atoms with van der Waals surface area (Å²) in [5.41, 5.74) is 0. The lowest BCUT2D eigenvalue weighted by Gasteiger charge is -2.16. The third kappa shape index (κ3) is 6.12. The molecule has 11 heavy (non-hydrogen) atoms. The van der Waals surface area contributed by atoms with Crippen LogP contribution < -0.4 is 5.32 Å². The highest BCUT2D eigenvalue weighted by Crippen LogP contribution is 2.22. The van der Waals surface area contributed by atoms with Crippen molar-refractivity contribution in [3.63, 3.8) is 0 Å². The van der Waals surface area contributed by atoms with E-state index in [-0.39, 0.29) is 6.54 Å². The molecule has 0 aromatic heterocycles. The molecular formula is C6H12F3NO. The van der Waals surface area contributed by atoms with Crippen molar-refractivity contribution < 1.29 is 17.9 Å². The Morgan fingerprint density at radius 3 is 2.27 bits per heavy atom. The van der Waals surface area contributed by atoms with E-state index in [1.165, 1.54) is 7.11 Å². The van der Waals surface area contributed by atoms with Crippen LogP contribution in [0.15, 0.2) is 0 Å². The Labute approximate surface area is 63.7 Å². The van der Waals surface area contributed by atoms with E-state index >= 15 is 0 Å². The van der Waals surface area contributed by atoms with E-state index in [1.54, 1.807) is 7.05 Å². The molecule has 1 N–H and O–H groups in total. The number of methoxy groups -OCH3 is 1. The van der Waals surface area contributed by atoms with Crippen molar-refractivity contribution in [3.8, 4) is 0 Å². The molecule has 0 aliphatic carbocycles. The number of likely N-dealkylation sites (N-methyl/N-ethyl adjacent to an activating group) is 1. The molecule has 0 saturated carbocycles. The predicted octanol–water partition coefficient (Wildman–Crippen LogP) is 1.17. The maximum atomic E-state index is 11.7. The molecule has 0 spiro atoms. The molecule has 0 aliphatic rings. The summed E-state index contributed by atoms with van der Waals surface area (Å²) in [6, 6.07) is 0. The minimum absolute atomic E-state index is 0.218. The van der Waals surface area contributed by atoms with Gasteiger partial charge in [-0.05, 0) is 7.05 Å². The first kappa shape index (κ1) is 10.7. The second kappa shape index (κ2) is 4.56. The van der Waals surface area contributed by atoms with Crippen molar-refractivity contribution >= 4 is 0 Å². The Morgan fingerprint density at radius 1 is 1.45 bits per heavy atom. The van der Waals surface area contributed by atoms with Crippen LogP contribution in [0.1, 0.15) is 6.42 Å². The normalized spacial score (nSPS) is 15.0. The quantitative estimate of drug-likeness (QED) is 0.685. The lowest BCUT2D eigenvalue weighted by atomic mass is 10.2. The Bertz CT molecular complexity index is 104. The maximum Gasteiger partial charge on any atom is 0.391 e. The first-order valence-corrected chi connectivity index (χ1v) is 3.23. The Hall–Kier alpha value is -0.290. The Kier molecular flexibility index (Phi) is 4.44. The van der Waals surface area contributed by atoms with E-state index in [2.05, 4.69) is 10.1 Å². The number of hydrogen-bond acceptors (Lipinski definition) is 2. The Balaban J connectivity index is 3.68. The number of hydrogen-bond donors (Lipinski definition) is 1. The predicted molar refractivity (Wildman–Crippen MR) is 35.4 cm³/mol. The first-order valence-electron chi connectivity index (χ1n) is 3.23. The van der Waals surface area contributed by atoms with Gasteiger partial charge in [-0.3, -0.25) is 0 Å². The van der Waals surface area contributed by atoms with Gasteiger partial charge in [0.25, 0.3) is 0 Å². The topological polar surface area (TPSA) is 21.3 Å². The van der Waals surface area contributed by atoms with Gasteiger partial charge in [-0.2, -0.15) is 13.2 Å². The number of alkyl halides is 3. The second-order valence-electron chi connectivity index (χ2n) is 2.23. The van der Waals surface area contributed by atoms with E-state index < -0.39 is 18.7 Å². The van der Waals surface area contributed by atoms with Gasteiger partial charge in [0.1, 0.15) is 0 Å². The molecule has 0 bridgehead atoms. The zero-order valence-corrected chi connectivity index (χ0v) is 6.53. The van der Waals surface area contributed by atoms with Crippen LogP contribution >= 0.6 is 0 Å². The van der Waals surface area contributed by atoms with E-state index in [0.29, 0.717) is 0 Å². The second-order valence-corrected chi connectivity index (χ2v) is 2.23. The molecule has 0 aromatic carbocycles. The van der Waals surface area contributed by atoms with Gasteiger partial charge >= 0.3 is 6.18 Å². The van der Waals surface area contributed by atoms with Gasteiger partial charge in [-0.15, -0.1) is 0 Å². The van der Waals surface area contributed by atoms with Crippen LogP contribution in [0.5, 0.6) is 0 Å². The summed E-state index contributed by atoms with van der Waals surface area (Å²) in [5.74, 6) is 0. The van der Waals surface area contributed by atoms with E-state index in [1.807, 2.05) is 0 Å². The van der Waals surface area contributed by atoms with Gasteiger partial charge in [-0.1, -0.05) is 0 Å². The summed E-state index contributed by atoms with van der Waals surface area (Å²) in [6.45, 7) is 0.218. The summed E-state index contributed by atoms with van der Waals surface area (Å²) in [6.07, 6.45) is -5.82. The van der Waals surface area contributed by atoms with Crippen LogP contribution in [-0.4, -0.2) is 33.0 Å². The van der Waals surface area contributed by atoms with Crippen molar-refractivity contribution in [2.45, 2.75) is 18.7 Å². The highest BCUT2D eigenvalue weighted by Gasteiger charge is 2.31. The molecule has 2 nitrogen and oxygen atoms in total. The maximum absolute atomic E-state index is 11.7. The van der Waals surface area contributed by atoms with Crippen LogP contribution in [0.4, 0.5) is 13.2 Å². The molecule has 1 unspecified atom stereocenters. The summed E-state index contributed by atoms with van der Waals surface area (Å²) in [7, 11) is 2.86. The summed E-state index contributed by atoms with van der Waals surface area (Å²) < 4.78 is 39.7. The van der Waals surface area contributed by atoms with Crippen LogP contribution in [-0.2, 0) is 4.74 Å². The first-order chi connectivity index (χ1) is 4.99. The third-order valence-corrected chi connectivity index (χ3v) is 1.22. The molecule has 0 amide bonds. The van der Waals surface area contributed by atoms with Gasteiger partial charge < -0.3 is 10.1 Å². The minimum atomic E-state index is -4.14. The molecular weight excluding hydrogens is 159 g/mol. The fraction of sp³-hybridized carbons (Fsp3) is 1.00. The molecule has 0 fully saturated rings. The van der Waals surface area contributed by atoms with E-state index in [0.717, 1.165) is 0 Å². The van der Waals surface area contributed by atoms with Gasteiger partial charge in [0.05, 0.1) is 12.5 Å². The summed E-state index contributed by atoms with van der Waals surface area (Å²) in [4.78, 5) is 0. The third-order valence-electron chi connectivity index (χ3n) is 1.22. The number of ether oxygens (including phenoxy) is 1. The lowest BCUT2D eigenvalue weighted by Crippen LogP contribution is -2.30. The molecule has 0 radical (unpaired) electrons. The molecule has 0 rings (SSSR count). The highest BCUT2D eigenvalue weighted by atomic mass is 19.4. The van der Waals surface area contributed by atoms with Gasteiger partial charge in [0.15, 0.2) is 0 Å². The zero-order chi connectivity index (χ0) is 8.91. The average Bonchev–Trinajstić information content (AvgIpc) is 1.84. The van der Waals surface area contributed by atoms with Crippen molar-refractivity contribution in [1.82, 2.24) is 5.32 Å². The Morgan fingerprint density at radius 2 is 2.00 bits per heavy atom. The number of halogens is 3. The fourth-order valence-electron chi connectivity index (χ4n) is 0.725. The largest absolute Gasteiger partial charge is 0.391 e. The lowest BCUT2D eigenvalue weighted by molar-refractivity contribution is -0.156. The molecule has 0 aliphatic heterocycles. The fourth-order valence-corrected chi connectivity index (χ4v) is 0.725. The molecule has 5 heteroatoms. The van der Waals surface area contributed by atoms with Crippen molar-refractivity contribution in [2.75, 3.05) is 20.7 Å². The van der Waals surface area contributed by atoms with Gasteiger partial charge in [0, 0.05) is 13.7 Å². The van der Waals surface area contributed by atoms with Gasteiger partial charge in [-0.25, -0.2) is 0 Å². The highest BCUT2D eigenvalue weighted by molar-refractivity contribution is 4.64. The monoisotopic (exact) mass is 171 g/mol. The molecule has 0 saturated heterocycles. The van der Waals surface area contributed by atoms with Crippen LogP contribution in [0.25, 0.3) is 0 Å².